The number of nitrogens with zero attached hydrogens (tertiary/aromatic N) is 5. The average Bonchev–Trinajstić information content (AvgIpc) is 3.27. The van der Waals surface area contributed by atoms with Crippen LogP contribution in [0.2, 0.25) is 5.02 Å². The summed E-state index contributed by atoms with van der Waals surface area (Å²) >= 11 is 5.89. The molecule has 0 bridgehead atoms. The van der Waals surface area contributed by atoms with Crippen molar-refractivity contribution in [3.8, 4) is 5.75 Å². The number of rotatable bonds is 7. The van der Waals surface area contributed by atoms with Crippen molar-refractivity contribution in [1.82, 2.24) is 19.6 Å². The van der Waals surface area contributed by atoms with Gasteiger partial charge in [0.05, 0.1) is 23.0 Å². The molecule has 0 fully saturated rings. The second-order valence-corrected chi connectivity index (χ2v) is 5.87. The van der Waals surface area contributed by atoms with E-state index in [0.717, 1.165) is 0 Å². The molecule has 1 amide bonds. The molecule has 3 rings (SSSR count). The Labute approximate surface area is 158 Å². The van der Waals surface area contributed by atoms with Gasteiger partial charge in [0.15, 0.2) is 6.73 Å². The summed E-state index contributed by atoms with van der Waals surface area (Å²) in [6, 6.07) is 6.90. The zero-order chi connectivity index (χ0) is 19.4. The highest BCUT2D eigenvalue weighted by Gasteiger charge is 2.25. The fourth-order valence-corrected chi connectivity index (χ4v) is 2.43. The zero-order valence-corrected chi connectivity index (χ0v) is 15.0. The van der Waals surface area contributed by atoms with E-state index in [-0.39, 0.29) is 18.1 Å². The first kappa shape index (κ1) is 18.4. The Balaban J connectivity index is 1.66. The summed E-state index contributed by atoms with van der Waals surface area (Å²) in [5, 5.41) is 22.2. The maximum atomic E-state index is 12.3. The number of ether oxygens (including phenoxy) is 1. The van der Waals surface area contributed by atoms with Gasteiger partial charge in [0.2, 0.25) is 5.69 Å². The molecule has 3 aromatic rings. The highest BCUT2D eigenvalue weighted by molar-refractivity contribution is 6.30. The van der Waals surface area contributed by atoms with Crippen LogP contribution in [-0.2, 0) is 13.3 Å². The summed E-state index contributed by atoms with van der Waals surface area (Å²) in [5.41, 5.74) is -0.258. The van der Waals surface area contributed by atoms with E-state index in [1.165, 1.54) is 28.0 Å². The Morgan fingerprint density at radius 2 is 2.19 bits per heavy atom. The minimum atomic E-state index is -0.691. The van der Waals surface area contributed by atoms with Gasteiger partial charge < -0.3 is 10.1 Å². The SMILES string of the molecule is CCn1cc([N+](=O)[O-])c(C(=O)Nc2cnn(COc3cccc(Cl)c3)c2)n1. The molecular formula is C16H15ClN6O4. The Hall–Kier alpha value is -3.40. The van der Waals surface area contributed by atoms with E-state index in [1.807, 2.05) is 0 Å². The molecule has 0 spiro atoms. The van der Waals surface area contributed by atoms with Crippen LogP contribution >= 0.6 is 11.6 Å². The summed E-state index contributed by atoms with van der Waals surface area (Å²) in [5.74, 6) is -0.117. The smallest absolute Gasteiger partial charge is 0.320 e. The topological polar surface area (TPSA) is 117 Å². The molecule has 10 nitrogen and oxygen atoms in total. The molecule has 0 radical (unpaired) electrons. The number of hydrogen-bond donors (Lipinski definition) is 1. The number of benzene rings is 1. The Bertz CT molecular complexity index is 983. The molecular weight excluding hydrogens is 376 g/mol. The number of anilines is 1. The van der Waals surface area contributed by atoms with Gasteiger partial charge in [-0.25, -0.2) is 4.68 Å². The Kier molecular flexibility index (Phi) is 5.36. The summed E-state index contributed by atoms with van der Waals surface area (Å²) in [6.07, 6.45) is 4.16. The van der Waals surface area contributed by atoms with E-state index in [0.29, 0.717) is 23.0 Å². The summed E-state index contributed by atoms with van der Waals surface area (Å²) in [6.45, 7) is 2.27. The molecule has 0 aliphatic carbocycles. The molecule has 0 aliphatic rings. The van der Waals surface area contributed by atoms with Crippen LogP contribution in [-0.4, -0.2) is 30.4 Å². The lowest BCUT2D eigenvalue weighted by atomic mass is 10.3. The van der Waals surface area contributed by atoms with Gasteiger partial charge in [0, 0.05) is 11.6 Å². The third-order valence-electron chi connectivity index (χ3n) is 3.53. The van der Waals surface area contributed by atoms with E-state index in [4.69, 9.17) is 16.3 Å². The van der Waals surface area contributed by atoms with Crippen molar-refractivity contribution in [2.24, 2.45) is 0 Å². The standard InChI is InChI=1S/C16H15ClN6O4/c1-2-21-9-14(23(25)26)15(20-21)16(24)19-12-7-18-22(8-12)10-27-13-5-3-4-11(17)6-13/h3-9H,2,10H2,1H3,(H,19,24). The second-order valence-electron chi connectivity index (χ2n) is 5.43. The van der Waals surface area contributed by atoms with E-state index < -0.39 is 10.8 Å². The lowest BCUT2D eigenvalue weighted by molar-refractivity contribution is -0.385. The molecule has 27 heavy (non-hydrogen) atoms. The molecule has 0 saturated carbocycles. The molecule has 1 N–H and O–H groups in total. The van der Waals surface area contributed by atoms with Gasteiger partial charge in [-0.1, -0.05) is 17.7 Å². The van der Waals surface area contributed by atoms with Crippen LogP contribution in [0.15, 0.2) is 42.9 Å². The van der Waals surface area contributed by atoms with Crippen molar-refractivity contribution in [3.05, 3.63) is 63.7 Å². The number of hydrogen-bond acceptors (Lipinski definition) is 6. The van der Waals surface area contributed by atoms with Crippen molar-refractivity contribution in [3.63, 3.8) is 0 Å². The fraction of sp³-hybridized carbons (Fsp3) is 0.188. The molecule has 140 valence electrons. The first-order valence-electron chi connectivity index (χ1n) is 7.90. The minimum Gasteiger partial charge on any atom is -0.471 e. The third kappa shape index (κ3) is 4.42. The molecule has 2 aromatic heterocycles. The average molecular weight is 391 g/mol. The molecule has 0 aliphatic heterocycles. The van der Waals surface area contributed by atoms with Crippen LogP contribution in [0.4, 0.5) is 11.4 Å². The second kappa shape index (κ2) is 7.87. The van der Waals surface area contributed by atoms with E-state index >= 15 is 0 Å². The predicted octanol–water partition coefficient (Wildman–Crippen LogP) is 2.95. The van der Waals surface area contributed by atoms with Crippen molar-refractivity contribution >= 4 is 28.9 Å². The number of amides is 1. The molecule has 0 saturated heterocycles. The van der Waals surface area contributed by atoms with Crippen LogP contribution < -0.4 is 10.1 Å². The molecule has 11 heteroatoms. The fourth-order valence-electron chi connectivity index (χ4n) is 2.25. The lowest BCUT2D eigenvalue weighted by Gasteiger charge is -2.06. The number of aromatic nitrogens is 4. The van der Waals surface area contributed by atoms with E-state index in [1.54, 1.807) is 31.2 Å². The maximum Gasteiger partial charge on any atom is 0.320 e. The van der Waals surface area contributed by atoms with Crippen molar-refractivity contribution in [2.75, 3.05) is 5.32 Å². The van der Waals surface area contributed by atoms with Gasteiger partial charge in [0.25, 0.3) is 5.91 Å². The van der Waals surface area contributed by atoms with Crippen LogP contribution in [0.5, 0.6) is 5.75 Å². The first-order valence-corrected chi connectivity index (χ1v) is 8.28. The van der Waals surface area contributed by atoms with Crippen LogP contribution in [0.3, 0.4) is 0 Å². The van der Waals surface area contributed by atoms with Crippen molar-refractivity contribution in [1.29, 1.82) is 0 Å². The molecule has 2 heterocycles. The number of carbonyl (C=O) groups excluding carboxylic acids is 1. The van der Waals surface area contributed by atoms with Gasteiger partial charge in [-0.15, -0.1) is 0 Å². The lowest BCUT2D eigenvalue weighted by Crippen LogP contribution is -2.14. The largest absolute Gasteiger partial charge is 0.471 e. The van der Waals surface area contributed by atoms with Gasteiger partial charge in [-0.3, -0.25) is 19.6 Å². The zero-order valence-electron chi connectivity index (χ0n) is 14.2. The number of halogens is 1. The van der Waals surface area contributed by atoms with Gasteiger partial charge >= 0.3 is 5.69 Å². The Morgan fingerprint density at radius 1 is 1.37 bits per heavy atom. The van der Waals surface area contributed by atoms with E-state index in [2.05, 4.69) is 15.5 Å². The van der Waals surface area contributed by atoms with Crippen LogP contribution in [0, 0.1) is 10.1 Å². The van der Waals surface area contributed by atoms with Crippen LogP contribution in [0.25, 0.3) is 0 Å². The number of aryl methyl sites for hydroxylation is 1. The number of nitrogens with one attached hydrogen (secondary N) is 1. The minimum absolute atomic E-state index is 0.0980. The molecule has 1 aromatic carbocycles. The monoisotopic (exact) mass is 390 g/mol. The van der Waals surface area contributed by atoms with Gasteiger partial charge in [-0.2, -0.15) is 10.2 Å². The molecule has 0 unspecified atom stereocenters. The van der Waals surface area contributed by atoms with Gasteiger partial charge in [-0.05, 0) is 25.1 Å². The van der Waals surface area contributed by atoms with Crippen molar-refractivity contribution in [2.45, 2.75) is 20.2 Å². The molecule has 0 atom stereocenters. The normalized spacial score (nSPS) is 10.6. The van der Waals surface area contributed by atoms with E-state index in [9.17, 15) is 14.9 Å². The van der Waals surface area contributed by atoms with Crippen molar-refractivity contribution < 1.29 is 14.5 Å². The number of nitro groups is 1. The number of carbonyl (C=O) groups is 1. The maximum absolute atomic E-state index is 12.3. The van der Waals surface area contributed by atoms with Gasteiger partial charge in [0.1, 0.15) is 11.9 Å². The third-order valence-corrected chi connectivity index (χ3v) is 3.76. The first-order chi connectivity index (χ1) is 13.0. The quantitative estimate of drug-likeness (QED) is 0.489. The highest BCUT2D eigenvalue weighted by atomic mass is 35.5. The van der Waals surface area contributed by atoms with Crippen LogP contribution in [0.1, 0.15) is 17.4 Å². The Morgan fingerprint density at radius 3 is 2.89 bits per heavy atom. The summed E-state index contributed by atoms with van der Waals surface area (Å²) in [4.78, 5) is 22.8. The highest BCUT2D eigenvalue weighted by Crippen LogP contribution is 2.19. The predicted molar refractivity (Wildman–Crippen MR) is 96.8 cm³/mol. The summed E-state index contributed by atoms with van der Waals surface area (Å²) < 4.78 is 8.33. The summed E-state index contributed by atoms with van der Waals surface area (Å²) in [7, 11) is 0.